The summed E-state index contributed by atoms with van der Waals surface area (Å²) in [5, 5.41) is 0. The molecule has 2 nitrogen and oxygen atoms in total. The lowest BCUT2D eigenvalue weighted by Gasteiger charge is -2.03. The molecule has 0 saturated heterocycles. The minimum atomic E-state index is -0.917. The minimum absolute atomic E-state index is 0.00261. The van der Waals surface area contributed by atoms with E-state index >= 15 is 0 Å². The van der Waals surface area contributed by atoms with Crippen LogP contribution in [0.5, 0.6) is 0 Å². The number of aromatic nitrogens is 1. The van der Waals surface area contributed by atoms with Crippen LogP contribution in [0.2, 0.25) is 0 Å². The molecule has 2 aromatic rings. The second-order valence-electron chi connectivity index (χ2n) is 4.32. The number of ketones is 1. The number of pyridine rings is 1. The number of benzene rings is 1. The van der Waals surface area contributed by atoms with E-state index in [1.807, 2.05) is 12.1 Å². The van der Waals surface area contributed by atoms with Gasteiger partial charge in [-0.3, -0.25) is 9.78 Å². The highest BCUT2D eigenvalue weighted by molar-refractivity contribution is 5.81. The Morgan fingerprint density at radius 2 is 1.74 bits per heavy atom. The number of hydrogen-bond acceptors (Lipinski definition) is 2. The van der Waals surface area contributed by atoms with E-state index in [1.54, 1.807) is 12.4 Å². The topological polar surface area (TPSA) is 30.0 Å². The maximum Gasteiger partial charge on any atom is 0.159 e. The fourth-order valence-corrected chi connectivity index (χ4v) is 1.80. The Balaban J connectivity index is 1.89. The van der Waals surface area contributed by atoms with Gasteiger partial charge in [-0.1, -0.05) is 6.07 Å². The van der Waals surface area contributed by atoms with E-state index in [9.17, 15) is 13.6 Å². The maximum atomic E-state index is 13.0. The van der Waals surface area contributed by atoms with Crippen LogP contribution in [0.15, 0.2) is 42.7 Å². The number of nitrogens with zero attached hydrogens (tertiary/aromatic N) is 1. The van der Waals surface area contributed by atoms with Crippen LogP contribution in [0.4, 0.5) is 8.78 Å². The molecule has 19 heavy (non-hydrogen) atoms. The van der Waals surface area contributed by atoms with Gasteiger partial charge in [0.15, 0.2) is 11.6 Å². The lowest BCUT2D eigenvalue weighted by molar-refractivity contribution is -0.118. The first-order valence-electron chi connectivity index (χ1n) is 5.99. The Morgan fingerprint density at radius 1 is 1.00 bits per heavy atom. The Hall–Kier alpha value is -2.10. The molecule has 0 fully saturated rings. The molecule has 0 aliphatic rings. The van der Waals surface area contributed by atoms with E-state index in [0.29, 0.717) is 18.4 Å². The first kappa shape index (κ1) is 13.3. The summed E-state index contributed by atoms with van der Waals surface area (Å²) < 4.78 is 25.7. The van der Waals surface area contributed by atoms with Crippen molar-refractivity contribution in [3.05, 3.63) is 65.5 Å². The Labute approximate surface area is 110 Å². The summed E-state index contributed by atoms with van der Waals surface area (Å²) in [5.41, 5.74) is 1.53. The summed E-state index contributed by atoms with van der Waals surface area (Å²) in [4.78, 5) is 15.6. The lowest BCUT2D eigenvalue weighted by atomic mass is 10.0. The third-order valence-corrected chi connectivity index (χ3v) is 2.83. The Kier molecular flexibility index (Phi) is 4.34. The van der Waals surface area contributed by atoms with Gasteiger partial charge < -0.3 is 0 Å². The summed E-state index contributed by atoms with van der Waals surface area (Å²) in [6.45, 7) is 0. The van der Waals surface area contributed by atoms with Crippen molar-refractivity contribution in [1.29, 1.82) is 0 Å². The summed E-state index contributed by atoms with van der Waals surface area (Å²) in [6.07, 6.45) is 4.49. The molecule has 0 N–H and O–H groups in total. The third kappa shape index (κ3) is 3.95. The van der Waals surface area contributed by atoms with Crippen LogP contribution < -0.4 is 0 Å². The van der Waals surface area contributed by atoms with Crippen molar-refractivity contribution in [2.75, 3.05) is 0 Å². The molecule has 0 bridgehead atoms. The van der Waals surface area contributed by atoms with Gasteiger partial charge in [-0.05, 0) is 41.8 Å². The number of hydrogen-bond donors (Lipinski definition) is 0. The van der Waals surface area contributed by atoms with E-state index in [4.69, 9.17) is 0 Å². The van der Waals surface area contributed by atoms with Gasteiger partial charge in [0.25, 0.3) is 0 Å². The van der Waals surface area contributed by atoms with Crippen molar-refractivity contribution >= 4 is 5.78 Å². The van der Waals surface area contributed by atoms with Gasteiger partial charge in [0.1, 0.15) is 5.78 Å². The Bertz CT molecular complexity index is 570. The highest BCUT2D eigenvalue weighted by Gasteiger charge is 2.07. The molecule has 0 radical (unpaired) electrons. The lowest BCUT2D eigenvalue weighted by Crippen LogP contribution is -2.05. The number of carbonyl (C=O) groups is 1. The number of rotatable bonds is 5. The summed E-state index contributed by atoms with van der Waals surface area (Å²) in [5.74, 6) is -1.81. The van der Waals surface area contributed by atoms with Gasteiger partial charge in [-0.15, -0.1) is 0 Å². The third-order valence-electron chi connectivity index (χ3n) is 2.83. The SMILES string of the molecule is O=C(CCc1ccncc1)Cc1ccc(F)c(F)c1. The van der Waals surface area contributed by atoms with Crippen LogP contribution in [0.1, 0.15) is 17.5 Å². The van der Waals surface area contributed by atoms with Gasteiger partial charge in [-0.25, -0.2) is 8.78 Å². The predicted octanol–water partition coefficient (Wildman–Crippen LogP) is 3.10. The summed E-state index contributed by atoms with van der Waals surface area (Å²) in [7, 11) is 0. The molecular formula is C15H13F2NO. The number of carbonyl (C=O) groups excluding carboxylic acids is 1. The van der Waals surface area contributed by atoms with Crippen molar-refractivity contribution in [2.24, 2.45) is 0 Å². The molecule has 0 unspecified atom stereocenters. The average Bonchev–Trinajstić information content (AvgIpc) is 2.42. The maximum absolute atomic E-state index is 13.0. The van der Waals surface area contributed by atoms with Crippen LogP contribution in [-0.4, -0.2) is 10.8 Å². The molecule has 0 amide bonds. The molecule has 98 valence electrons. The second kappa shape index (κ2) is 6.18. The molecule has 0 aliphatic carbocycles. The van der Waals surface area contributed by atoms with E-state index in [2.05, 4.69) is 4.98 Å². The zero-order valence-electron chi connectivity index (χ0n) is 10.3. The van der Waals surface area contributed by atoms with Gasteiger partial charge in [0.05, 0.1) is 0 Å². The van der Waals surface area contributed by atoms with Crippen molar-refractivity contribution in [2.45, 2.75) is 19.3 Å². The largest absolute Gasteiger partial charge is 0.299 e. The molecule has 4 heteroatoms. The first-order valence-corrected chi connectivity index (χ1v) is 5.99. The molecule has 0 aliphatic heterocycles. The highest BCUT2D eigenvalue weighted by atomic mass is 19.2. The van der Waals surface area contributed by atoms with E-state index in [-0.39, 0.29) is 12.2 Å². The van der Waals surface area contributed by atoms with Crippen molar-refractivity contribution in [3.8, 4) is 0 Å². The monoisotopic (exact) mass is 261 g/mol. The van der Waals surface area contributed by atoms with Gasteiger partial charge in [0.2, 0.25) is 0 Å². The van der Waals surface area contributed by atoms with Crippen molar-refractivity contribution in [3.63, 3.8) is 0 Å². The van der Waals surface area contributed by atoms with Crippen LogP contribution in [0, 0.1) is 11.6 Å². The van der Waals surface area contributed by atoms with Crippen LogP contribution in [0.3, 0.4) is 0 Å². The van der Waals surface area contributed by atoms with Gasteiger partial charge in [-0.2, -0.15) is 0 Å². The van der Waals surface area contributed by atoms with Crippen molar-refractivity contribution in [1.82, 2.24) is 4.98 Å². The summed E-state index contributed by atoms with van der Waals surface area (Å²) >= 11 is 0. The zero-order valence-corrected chi connectivity index (χ0v) is 10.3. The molecule has 0 saturated carbocycles. The smallest absolute Gasteiger partial charge is 0.159 e. The molecule has 1 aromatic heterocycles. The first-order chi connectivity index (χ1) is 9.15. The second-order valence-corrected chi connectivity index (χ2v) is 4.32. The molecular weight excluding hydrogens is 248 g/mol. The number of aryl methyl sites for hydroxylation is 1. The van der Waals surface area contributed by atoms with Gasteiger partial charge in [0, 0.05) is 25.2 Å². The quantitative estimate of drug-likeness (QED) is 0.827. The van der Waals surface area contributed by atoms with Gasteiger partial charge >= 0.3 is 0 Å². The Morgan fingerprint density at radius 3 is 2.42 bits per heavy atom. The summed E-state index contributed by atoms with van der Waals surface area (Å²) in [6, 6.07) is 7.25. The molecule has 1 aromatic carbocycles. The average molecular weight is 261 g/mol. The number of halogens is 2. The molecule has 1 heterocycles. The molecule has 0 spiro atoms. The molecule has 2 rings (SSSR count). The van der Waals surface area contributed by atoms with Crippen LogP contribution in [-0.2, 0) is 17.6 Å². The van der Waals surface area contributed by atoms with E-state index in [1.165, 1.54) is 6.07 Å². The fourth-order valence-electron chi connectivity index (χ4n) is 1.80. The molecule has 0 atom stereocenters. The number of Topliss-reactive ketones (excluding diaryl/α,β-unsaturated/α-hetero) is 1. The van der Waals surface area contributed by atoms with E-state index in [0.717, 1.165) is 17.7 Å². The normalized spacial score (nSPS) is 10.4. The van der Waals surface area contributed by atoms with Crippen LogP contribution >= 0.6 is 0 Å². The highest BCUT2D eigenvalue weighted by Crippen LogP contribution is 2.11. The fraction of sp³-hybridized carbons (Fsp3) is 0.200. The zero-order chi connectivity index (χ0) is 13.7. The van der Waals surface area contributed by atoms with Crippen molar-refractivity contribution < 1.29 is 13.6 Å². The standard InChI is InChI=1S/C15H13F2NO/c16-14-4-2-12(10-15(14)17)9-13(19)3-1-11-5-7-18-8-6-11/h2,4-8,10H,1,3,9H2. The van der Waals surface area contributed by atoms with Crippen LogP contribution in [0.25, 0.3) is 0 Å². The predicted molar refractivity (Wildman–Crippen MR) is 67.6 cm³/mol. The minimum Gasteiger partial charge on any atom is -0.299 e. The van der Waals surface area contributed by atoms with E-state index < -0.39 is 11.6 Å².